The smallest absolute Gasteiger partial charge is 0.240 e. The Morgan fingerprint density at radius 1 is 1.31 bits per heavy atom. The summed E-state index contributed by atoms with van der Waals surface area (Å²) in [5, 5.41) is 9.27. The average molecular weight is 187 g/mol. The molecular formula is C9H11F2NO. The van der Waals surface area contributed by atoms with Gasteiger partial charge < -0.3 is 10.8 Å². The third-order valence-electron chi connectivity index (χ3n) is 1.77. The summed E-state index contributed by atoms with van der Waals surface area (Å²) >= 11 is 0. The molecule has 0 unspecified atom stereocenters. The van der Waals surface area contributed by atoms with Crippen LogP contribution in [0.4, 0.5) is 8.78 Å². The van der Waals surface area contributed by atoms with E-state index in [1.165, 1.54) is 6.07 Å². The molecule has 0 bridgehead atoms. The number of hydrogen-bond acceptors (Lipinski definition) is 2. The molecule has 0 radical (unpaired) electrons. The van der Waals surface area contributed by atoms with Gasteiger partial charge >= 0.3 is 0 Å². The van der Waals surface area contributed by atoms with E-state index >= 15 is 0 Å². The molecule has 1 aromatic rings. The average Bonchev–Trinajstić information content (AvgIpc) is 2.03. The first-order valence-corrected chi connectivity index (χ1v) is 3.93. The predicted molar refractivity (Wildman–Crippen MR) is 45.7 cm³/mol. The first-order valence-electron chi connectivity index (χ1n) is 3.93. The number of alkyl halides is 2. The highest BCUT2D eigenvalue weighted by Crippen LogP contribution is 2.25. The van der Waals surface area contributed by atoms with Gasteiger partial charge in [0, 0.05) is 18.0 Å². The molecule has 0 fully saturated rings. The minimum atomic E-state index is -2.45. The molecule has 0 amide bonds. The monoisotopic (exact) mass is 187 g/mol. The lowest BCUT2D eigenvalue weighted by Gasteiger charge is -2.12. The zero-order chi connectivity index (χ0) is 9.84. The Hall–Kier alpha value is -1.16. The van der Waals surface area contributed by atoms with Gasteiger partial charge in [0.2, 0.25) is 6.43 Å². The molecule has 4 heteroatoms. The van der Waals surface area contributed by atoms with E-state index in [1.54, 1.807) is 18.2 Å². The number of nitrogens with two attached hydrogens (primary N) is 1. The fourth-order valence-electron chi connectivity index (χ4n) is 1.12. The normalized spacial score (nSPS) is 13.2. The molecule has 1 rings (SSSR count). The van der Waals surface area contributed by atoms with Crippen LogP contribution in [0.3, 0.4) is 0 Å². The van der Waals surface area contributed by atoms with Crippen molar-refractivity contribution in [1.29, 1.82) is 0 Å². The molecule has 0 heterocycles. The first kappa shape index (κ1) is 9.92. The molecule has 0 spiro atoms. The van der Waals surface area contributed by atoms with Crippen molar-refractivity contribution in [3.8, 4) is 5.75 Å². The fourth-order valence-corrected chi connectivity index (χ4v) is 1.12. The Balaban J connectivity index is 2.76. The van der Waals surface area contributed by atoms with Crippen molar-refractivity contribution in [3.63, 3.8) is 0 Å². The molecule has 0 aromatic heterocycles. The van der Waals surface area contributed by atoms with Crippen LogP contribution in [0.15, 0.2) is 24.3 Å². The zero-order valence-corrected chi connectivity index (χ0v) is 6.95. The van der Waals surface area contributed by atoms with Crippen LogP contribution in [-0.2, 0) is 0 Å². The molecule has 72 valence electrons. The van der Waals surface area contributed by atoms with Crippen molar-refractivity contribution in [2.75, 3.05) is 0 Å². The third kappa shape index (κ3) is 2.66. The van der Waals surface area contributed by atoms with Gasteiger partial charge in [0.05, 0.1) is 0 Å². The molecule has 1 atom stereocenters. The summed E-state index contributed by atoms with van der Waals surface area (Å²) in [5.74, 6) is -0.0318. The van der Waals surface area contributed by atoms with E-state index in [1.807, 2.05) is 0 Å². The van der Waals surface area contributed by atoms with Gasteiger partial charge in [0.1, 0.15) is 5.75 Å². The highest BCUT2D eigenvalue weighted by atomic mass is 19.3. The van der Waals surface area contributed by atoms with Gasteiger partial charge in [0.25, 0.3) is 0 Å². The Bertz CT molecular complexity index is 278. The quantitative estimate of drug-likeness (QED) is 0.760. The van der Waals surface area contributed by atoms with E-state index in [9.17, 15) is 13.9 Å². The largest absolute Gasteiger partial charge is 0.508 e. The molecule has 0 aliphatic carbocycles. The van der Waals surface area contributed by atoms with Crippen molar-refractivity contribution >= 4 is 0 Å². The molecule has 0 saturated heterocycles. The van der Waals surface area contributed by atoms with E-state index in [-0.39, 0.29) is 5.75 Å². The second kappa shape index (κ2) is 4.18. The van der Waals surface area contributed by atoms with Crippen LogP contribution >= 0.6 is 0 Å². The lowest BCUT2D eigenvalue weighted by molar-refractivity contribution is 0.128. The van der Waals surface area contributed by atoms with Crippen LogP contribution < -0.4 is 5.73 Å². The summed E-state index contributed by atoms with van der Waals surface area (Å²) in [4.78, 5) is 0. The molecular weight excluding hydrogens is 176 g/mol. The summed E-state index contributed by atoms with van der Waals surface area (Å²) in [6.45, 7) is 0. The first-order chi connectivity index (χ1) is 6.11. The molecule has 13 heavy (non-hydrogen) atoms. The lowest BCUT2D eigenvalue weighted by Crippen LogP contribution is -2.13. The number of hydrogen-bond donors (Lipinski definition) is 2. The van der Waals surface area contributed by atoms with Gasteiger partial charge in [-0.05, 0) is 6.07 Å². The summed E-state index contributed by atoms with van der Waals surface area (Å²) < 4.78 is 23.9. The number of benzene rings is 1. The summed E-state index contributed by atoms with van der Waals surface area (Å²) in [6, 6.07) is 5.44. The Labute approximate surface area is 75.0 Å². The van der Waals surface area contributed by atoms with E-state index in [2.05, 4.69) is 0 Å². The highest BCUT2D eigenvalue weighted by Gasteiger charge is 2.15. The van der Waals surface area contributed by atoms with Gasteiger partial charge in [-0.25, -0.2) is 8.78 Å². The van der Waals surface area contributed by atoms with Crippen LogP contribution in [0, 0.1) is 0 Å². The molecule has 1 aromatic carbocycles. The number of phenolic OH excluding ortho intramolecular Hbond substituents is 1. The molecule has 3 N–H and O–H groups in total. The minimum Gasteiger partial charge on any atom is -0.508 e. The summed E-state index contributed by atoms with van der Waals surface area (Å²) in [6.07, 6.45) is -2.88. The molecule has 0 aliphatic heterocycles. The van der Waals surface area contributed by atoms with Crippen LogP contribution in [0.2, 0.25) is 0 Å². The maximum atomic E-state index is 11.9. The van der Waals surface area contributed by atoms with E-state index in [0.717, 1.165) is 0 Å². The standard InChI is InChI=1S/C9H11F2NO/c10-9(11)5-7(12)6-3-1-2-4-8(6)13/h1-4,7,9,13H,5,12H2/t7-/m0/s1. The van der Waals surface area contributed by atoms with Crippen LogP contribution in [0.1, 0.15) is 18.0 Å². The Kier molecular flexibility index (Phi) is 3.19. The number of rotatable bonds is 3. The van der Waals surface area contributed by atoms with Crippen molar-refractivity contribution in [3.05, 3.63) is 29.8 Å². The van der Waals surface area contributed by atoms with Crippen molar-refractivity contribution in [2.24, 2.45) is 5.73 Å². The second-order valence-corrected chi connectivity index (χ2v) is 2.79. The van der Waals surface area contributed by atoms with Crippen molar-refractivity contribution < 1.29 is 13.9 Å². The summed E-state index contributed by atoms with van der Waals surface area (Å²) in [5.41, 5.74) is 5.82. The zero-order valence-electron chi connectivity index (χ0n) is 6.95. The van der Waals surface area contributed by atoms with Crippen LogP contribution in [0.5, 0.6) is 5.75 Å². The molecule has 0 aliphatic rings. The number of phenols is 1. The number of para-hydroxylation sites is 1. The predicted octanol–water partition coefficient (Wildman–Crippen LogP) is 2.05. The van der Waals surface area contributed by atoms with Gasteiger partial charge in [-0.2, -0.15) is 0 Å². The topological polar surface area (TPSA) is 46.2 Å². The van der Waals surface area contributed by atoms with E-state index in [0.29, 0.717) is 5.56 Å². The van der Waals surface area contributed by atoms with Crippen LogP contribution in [-0.4, -0.2) is 11.5 Å². The van der Waals surface area contributed by atoms with Gasteiger partial charge in [0.15, 0.2) is 0 Å². The second-order valence-electron chi connectivity index (χ2n) is 2.79. The highest BCUT2D eigenvalue weighted by molar-refractivity contribution is 5.34. The van der Waals surface area contributed by atoms with Gasteiger partial charge in [-0.15, -0.1) is 0 Å². The molecule has 2 nitrogen and oxygen atoms in total. The maximum absolute atomic E-state index is 11.9. The number of halogens is 2. The van der Waals surface area contributed by atoms with Crippen molar-refractivity contribution in [1.82, 2.24) is 0 Å². The lowest BCUT2D eigenvalue weighted by atomic mass is 10.0. The fraction of sp³-hybridized carbons (Fsp3) is 0.333. The molecule has 0 saturated carbocycles. The van der Waals surface area contributed by atoms with Crippen LogP contribution in [0.25, 0.3) is 0 Å². The van der Waals surface area contributed by atoms with Gasteiger partial charge in [-0.3, -0.25) is 0 Å². The SMILES string of the molecule is N[C@@H](CC(F)F)c1ccccc1O. The number of aromatic hydroxyl groups is 1. The maximum Gasteiger partial charge on any atom is 0.240 e. The Morgan fingerprint density at radius 2 is 1.92 bits per heavy atom. The van der Waals surface area contributed by atoms with E-state index in [4.69, 9.17) is 5.73 Å². The summed E-state index contributed by atoms with van der Waals surface area (Å²) in [7, 11) is 0. The third-order valence-corrected chi connectivity index (χ3v) is 1.77. The van der Waals surface area contributed by atoms with E-state index < -0.39 is 18.9 Å². The van der Waals surface area contributed by atoms with Crippen molar-refractivity contribution in [2.45, 2.75) is 18.9 Å². The Morgan fingerprint density at radius 3 is 2.46 bits per heavy atom. The minimum absolute atomic E-state index is 0.0318. The van der Waals surface area contributed by atoms with Gasteiger partial charge in [-0.1, -0.05) is 18.2 Å².